The van der Waals surface area contributed by atoms with E-state index in [1.165, 1.54) is 0 Å². The van der Waals surface area contributed by atoms with Crippen LogP contribution in [0, 0.1) is 22.7 Å². The van der Waals surface area contributed by atoms with Gasteiger partial charge in [0.05, 0.1) is 16.8 Å². The first-order valence-corrected chi connectivity index (χ1v) is 8.67. The van der Waals surface area contributed by atoms with Crippen LogP contribution in [0.4, 0.5) is 0 Å². The van der Waals surface area contributed by atoms with E-state index in [-0.39, 0.29) is 4.88 Å². The minimum Gasteiger partial charge on any atom is -0.477 e. The highest BCUT2D eigenvalue weighted by molar-refractivity contribution is 7.14. The lowest BCUT2D eigenvalue weighted by Gasteiger charge is -2.06. The molecule has 1 aromatic carbocycles. The van der Waals surface area contributed by atoms with Crippen molar-refractivity contribution in [2.45, 2.75) is 13.3 Å². The summed E-state index contributed by atoms with van der Waals surface area (Å²) in [5, 5.41) is 28.2. The number of aromatic nitrogens is 1. The zero-order chi connectivity index (χ0) is 18.7. The van der Waals surface area contributed by atoms with E-state index in [4.69, 9.17) is 0 Å². The van der Waals surface area contributed by atoms with E-state index >= 15 is 0 Å². The Morgan fingerprint density at radius 2 is 1.85 bits per heavy atom. The highest BCUT2D eigenvalue weighted by Crippen LogP contribution is 2.37. The molecule has 5 nitrogen and oxygen atoms in total. The summed E-state index contributed by atoms with van der Waals surface area (Å²) >= 11 is 1.14. The number of aryl methyl sites for hydroxylation is 1. The molecule has 0 amide bonds. The molecule has 3 aromatic rings. The Morgan fingerprint density at radius 3 is 2.42 bits per heavy atom. The molecule has 2 aromatic heterocycles. The van der Waals surface area contributed by atoms with E-state index in [2.05, 4.69) is 17.1 Å². The van der Waals surface area contributed by atoms with E-state index in [0.29, 0.717) is 34.4 Å². The molecular formula is C20H13N3O2S. The highest BCUT2D eigenvalue weighted by atomic mass is 32.1. The van der Waals surface area contributed by atoms with Gasteiger partial charge in [-0.15, -0.1) is 11.3 Å². The van der Waals surface area contributed by atoms with Crippen molar-refractivity contribution in [1.29, 1.82) is 10.5 Å². The SMILES string of the molecule is CCc1sc(C(=O)O)c(-c2ccc(-c3ncccc3C#N)cc2)c1C#N. The molecule has 0 aliphatic carbocycles. The number of benzene rings is 1. The van der Waals surface area contributed by atoms with Crippen LogP contribution in [0.3, 0.4) is 0 Å². The lowest BCUT2D eigenvalue weighted by molar-refractivity contribution is 0.0703. The average Bonchev–Trinajstić information content (AvgIpc) is 3.07. The number of aromatic carboxylic acids is 1. The summed E-state index contributed by atoms with van der Waals surface area (Å²) in [6.07, 6.45) is 2.22. The second-order valence-electron chi connectivity index (χ2n) is 5.46. The Hall–Kier alpha value is -3.48. The van der Waals surface area contributed by atoms with Crippen molar-refractivity contribution in [3.8, 4) is 34.5 Å². The third-order valence-electron chi connectivity index (χ3n) is 3.98. The molecule has 0 aliphatic heterocycles. The molecule has 0 radical (unpaired) electrons. The Morgan fingerprint density at radius 1 is 1.15 bits per heavy atom. The molecule has 1 N–H and O–H groups in total. The van der Waals surface area contributed by atoms with Gasteiger partial charge in [0, 0.05) is 22.2 Å². The third-order valence-corrected chi connectivity index (χ3v) is 5.31. The van der Waals surface area contributed by atoms with Crippen LogP contribution < -0.4 is 0 Å². The number of hydrogen-bond acceptors (Lipinski definition) is 5. The maximum Gasteiger partial charge on any atom is 0.346 e. The van der Waals surface area contributed by atoms with Crippen LogP contribution in [0.2, 0.25) is 0 Å². The second-order valence-corrected chi connectivity index (χ2v) is 6.57. The zero-order valence-corrected chi connectivity index (χ0v) is 14.7. The second kappa shape index (κ2) is 7.18. The summed E-state index contributed by atoms with van der Waals surface area (Å²) in [6.45, 7) is 1.90. The molecule has 0 saturated heterocycles. The molecule has 6 heteroatoms. The molecule has 0 saturated carbocycles. The fourth-order valence-corrected chi connectivity index (χ4v) is 3.84. The van der Waals surface area contributed by atoms with Gasteiger partial charge in [-0.05, 0) is 24.1 Å². The molecule has 2 heterocycles. The van der Waals surface area contributed by atoms with Crippen LogP contribution in [-0.4, -0.2) is 16.1 Å². The van der Waals surface area contributed by atoms with E-state index in [1.54, 1.807) is 42.6 Å². The Kier molecular flexibility index (Phi) is 4.79. The number of carboxylic acid groups (broad SMARTS) is 1. The molecule has 0 fully saturated rings. The fourth-order valence-electron chi connectivity index (χ4n) is 2.79. The molecule has 126 valence electrons. The van der Waals surface area contributed by atoms with Crippen LogP contribution in [0.25, 0.3) is 22.4 Å². The Labute approximate surface area is 154 Å². The fraction of sp³-hybridized carbons (Fsp3) is 0.100. The summed E-state index contributed by atoms with van der Waals surface area (Å²) in [6, 6.07) is 14.8. The van der Waals surface area contributed by atoms with Crippen molar-refractivity contribution >= 4 is 17.3 Å². The minimum atomic E-state index is -1.04. The molecule has 26 heavy (non-hydrogen) atoms. The number of hydrogen-bond donors (Lipinski definition) is 1. The number of rotatable bonds is 4. The van der Waals surface area contributed by atoms with E-state index in [9.17, 15) is 20.4 Å². The summed E-state index contributed by atoms with van der Waals surface area (Å²) < 4.78 is 0. The molecule has 3 rings (SSSR count). The normalized spacial score (nSPS) is 10.1. The predicted octanol–water partition coefficient (Wildman–Crippen LogP) is 4.48. The van der Waals surface area contributed by atoms with E-state index in [0.717, 1.165) is 21.8 Å². The molecule has 0 bridgehead atoms. The number of carboxylic acids is 1. The van der Waals surface area contributed by atoms with Gasteiger partial charge in [-0.25, -0.2) is 4.79 Å². The molecule has 0 spiro atoms. The van der Waals surface area contributed by atoms with E-state index in [1.807, 2.05) is 6.92 Å². The maximum atomic E-state index is 11.6. The number of thiophene rings is 1. The molecule has 0 atom stereocenters. The van der Waals surface area contributed by atoms with Crippen molar-refractivity contribution in [2.24, 2.45) is 0 Å². The van der Waals surface area contributed by atoms with Crippen LogP contribution >= 0.6 is 11.3 Å². The van der Waals surface area contributed by atoms with Crippen molar-refractivity contribution in [1.82, 2.24) is 4.98 Å². The summed E-state index contributed by atoms with van der Waals surface area (Å²) in [4.78, 5) is 16.8. The van der Waals surface area contributed by atoms with Crippen LogP contribution in [-0.2, 0) is 6.42 Å². The first-order chi connectivity index (χ1) is 12.6. The standard InChI is InChI=1S/C20H13N3O2S/c1-2-16-15(11-22)17(19(26-16)20(24)25)12-5-7-13(8-6-12)18-14(10-21)4-3-9-23-18/h3-9H,2H2,1H3,(H,24,25). The van der Waals surface area contributed by atoms with Crippen molar-refractivity contribution in [3.63, 3.8) is 0 Å². The van der Waals surface area contributed by atoms with Gasteiger partial charge in [0.25, 0.3) is 0 Å². The van der Waals surface area contributed by atoms with Gasteiger partial charge >= 0.3 is 5.97 Å². The summed E-state index contributed by atoms with van der Waals surface area (Å²) in [7, 11) is 0. The Bertz CT molecular complexity index is 1070. The summed E-state index contributed by atoms with van der Waals surface area (Å²) in [5.41, 5.74) is 3.32. The van der Waals surface area contributed by atoms with Crippen molar-refractivity contribution in [3.05, 3.63) is 63.5 Å². The monoisotopic (exact) mass is 359 g/mol. The third kappa shape index (κ3) is 2.95. The molecule has 0 unspecified atom stereocenters. The minimum absolute atomic E-state index is 0.168. The topological polar surface area (TPSA) is 97.8 Å². The van der Waals surface area contributed by atoms with Crippen molar-refractivity contribution < 1.29 is 9.90 Å². The summed E-state index contributed by atoms with van der Waals surface area (Å²) in [5.74, 6) is -1.04. The first kappa shape index (κ1) is 17.3. The van der Waals surface area contributed by atoms with E-state index < -0.39 is 5.97 Å². The lowest BCUT2D eigenvalue weighted by Crippen LogP contribution is -1.96. The maximum absolute atomic E-state index is 11.6. The molecular weight excluding hydrogens is 346 g/mol. The largest absolute Gasteiger partial charge is 0.477 e. The lowest BCUT2D eigenvalue weighted by atomic mass is 9.97. The Balaban J connectivity index is 2.13. The van der Waals surface area contributed by atoms with Crippen molar-refractivity contribution in [2.75, 3.05) is 0 Å². The predicted molar refractivity (Wildman–Crippen MR) is 98.8 cm³/mol. The molecule has 0 aliphatic rings. The number of pyridine rings is 1. The first-order valence-electron chi connectivity index (χ1n) is 7.85. The smallest absolute Gasteiger partial charge is 0.346 e. The number of nitrogens with zero attached hydrogens (tertiary/aromatic N) is 3. The van der Waals surface area contributed by atoms with Crippen LogP contribution in [0.1, 0.15) is 32.6 Å². The van der Waals surface area contributed by atoms with Crippen LogP contribution in [0.15, 0.2) is 42.6 Å². The highest BCUT2D eigenvalue weighted by Gasteiger charge is 2.23. The number of nitriles is 2. The van der Waals surface area contributed by atoms with Gasteiger partial charge in [-0.3, -0.25) is 4.98 Å². The van der Waals surface area contributed by atoms with Crippen LogP contribution in [0.5, 0.6) is 0 Å². The average molecular weight is 359 g/mol. The zero-order valence-electron chi connectivity index (χ0n) is 13.9. The quantitative estimate of drug-likeness (QED) is 0.740. The van der Waals surface area contributed by atoms with Gasteiger partial charge in [-0.2, -0.15) is 10.5 Å². The van der Waals surface area contributed by atoms with Gasteiger partial charge in [-0.1, -0.05) is 31.2 Å². The van der Waals surface area contributed by atoms with Gasteiger partial charge in [0.15, 0.2) is 0 Å². The van der Waals surface area contributed by atoms with Gasteiger partial charge in [0.1, 0.15) is 17.0 Å². The number of carbonyl (C=O) groups is 1. The van der Waals surface area contributed by atoms with Gasteiger partial charge < -0.3 is 5.11 Å². The van der Waals surface area contributed by atoms with Gasteiger partial charge in [0.2, 0.25) is 0 Å².